The molecule has 7 heteroatoms. The third-order valence-electron chi connectivity index (χ3n) is 4.99. The third-order valence-corrected chi connectivity index (χ3v) is 5.99. The molecule has 4 aromatic carbocycles. The number of oxazole rings is 1. The highest BCUT2D eigenvalue weighted by Crippen LogP contribution is 2.28. The standard InChI is InChI=1S/C27H16ClIN2O3/c28-23-7-2-1-6-22(23)27(32)33-21-11-8-17(9-12-21)16-30-20-10-13-25-24(15-20)31-26(34-25)18-4-3-5-19(29)14-18/h1-16H. The van der Waals surface area contributed by atoms with E-state index in [1.54, 1.807) is 42.6 Å². The van der Waals surface area contributed by atoms with Crippen LogP contribution in [0.15, 0.2) is 100 Å². The molecule has 0 atom stereocenters. The van der Waals surface area contributed by atoms with Gasteiger partial charge in [0.05, 0.1) is 16.3 Å². The Morgan fingerprint density at radius 1 is 0.971 bits per heavy atom. The number of esters is 1. The average molecular weight is 579 g/mol. The lowest BCUT2D eigenvalue weighted by molar-refractivity contribution is 0.0735. The zero-order valence-electron chi connectivity index (χ0n) is 17.6. The van der Waals surface area contributed by atoms with Crippen molar-refractivity contribution in [2.24, 2.45) is 4.99 Å². The van der Waals surface area contributed by atoms with Gasteiger partial charge in [-0.3, -0.25) is 4.99 Å². The highest BCUT2D eigenvalue weighted by atomic mass is 127. The Kier molecular flexibility index (Phi) is 6.42. The van der Waals surface area contributed by atoms with Crippen LogP contribution in [0.4, 0.5) is 5.69 Å². The molecule has 0 amide bonds. The number of carbonyl (C=O) groups excluding carboxylic acids is 1. The summed E-state index contributed by atoms with van der Waals surface area (Å²) in [5.41, 5.74) is 4.32. The van der Waals surface area contributed by atoms with E-state index >= 15 is 0 Å². The Hall–Kier alpha value is -3.49. The maximum absolute atomic E-state index is 12.3. The van der Waals surface area contributed by atoms with Crippen LogP contribution >= 0.6 is 34.2 Å². The number of nitrogens with zero attached hydrogens (tertiary/aromatic N) is 2. The summed E-state index contributed by atoms with van der Waals surface area (Å²) in [6, 6.07) is 27.5. The van der Waals surface area contributed by atoms with Crippen molar-refractivity contribution in [3.63, 3.8) is 0 Å². The van der Waals surface area contributed by atoms with Gasteiger partial charge in [-0.2, -0.15) is 0 Å². The minimum absolute atomic E-state index is 0.322. The lowest BCUT2D eigenvalue weighted by Crippen LogP contribution is -2.08. The number of ether oxygens (including phenoxy) is 1. The summed E-state index contributed by atoms with van der Waals surface area (Å²) < 4.78 is 12.4. The SMILES string of the molecule is O=C(Oc1ccc(C=Nc2ccc3oc(-c4cccc(I)c4)nc3c2)cc1)c1ccccc1Cl. The molecule has 1 aromatic heterocycles. The Morgan fingerprint density at radius 3 is 2.59 bits per heavy atom. The molecule has 0 spiro atoms. The second-order valence-electron chi connectivity index (χ2n) is 7.38. The van der Waals surface area contributed by atoms with Gasteiger partial charge in [0, 0.05) is 15.3 Å². The van der Waals surface area contributed by atoms with Gasteiger partial charge in [-0.1, -0.05) is 29.8 Å². The summed E-state index contributed by atoms with van der Waals surface area (Å²) in [6.45, 7) is 0. The van der Waals surface area contributed by atoms with E-state index in [1.807, 2.05) is 54.6 Å². The highest BCUT2D eigenvalue weighted by molar-refractivity contribution is 14.1. The first-order chi connectivity index (χ1) is 16.5. The van der Waals surface area contributed by atoms with Gasteiger partial charge in [0.15, 0.2) is 5.58 Å². The van der Waals surface area contributed by atoms with Crippen molar-refractivity contribution >= 4 is 63.2 Å². The van der Waals surface area contributed by atoms with Crippen molar-refractivity contribution in [2.75, 3.05) is 0 Å². The Labute approximate surface area is 214 Å². The van der Waals surface area contributed by atoms with Crippen LogP contribution in [0.3, 0.4) is 0 Å². The molecule has 166 valence electrons. The molecule has 0 N–H and O–H groups in total. The molecule has 0 aliphatic carbocycles. The van der Waals surface area contributed by atoms with E-state index in [4.69, 9.17) is 20.8 Å². The predicted molar refractivity (Wildman–Crippen MR) is 142 cm³/mol. The van der Waals surface area contributed by atoms with Crippen LogP contribution in [0.25, 0.3) is 22.6 Å². The summed E-state index contributed by atoms with van der Waals surface area (Å²) in [5.74, 6) is 0.503. The van der Waals surface area contributed by atoms with Crippen LogP contribution in [-0.2, 0) is 0 Å². The lowest BCUT2D eigenvalue weighted by atomic mass is 10.2. The van der Waals surface area contributed by atoms with Gasteiger partial charge >= 0.3 is 5.97 Å². The number of aliphatic imine (C=N–C) groups is 1. The third kappa shape index (κ3) is 5.03. The number of carbonyl (C=O) groups is 1. The lowest BCUT2D eigenvalue weighted by Gasteiger charge is -2.05. The molecular weight excluding hydrogens is 563 g/mol. The number of fused-ring (bicyclic) bond motifs is 1. The van der Waals surface area contributed by atoms with Crippen LogP contribution in [0.5, 0.6) is 5.75 Å². The highest BCUT2D eigenvalue weighted by Gasteiger charge is 2.12. The molecular formula is C27H16ClIN2O3. The van der Waals surface area contributed by atoms with E-state index in [1.165, 1.54) is 0 Å². The van der Waals surface area contributed by atoms with Crippen LogP contribution in [-0.4, -0.2) is 17.2 Å². The van der Waals surface area contributed by atoms with E-state index in [0.717, 1.165) is 25.9 Å². The zero-order valence-corrected chi connectivity index (χ0v) is 20.5. The first-order valence-corrected chi connectivity index (χ1v) is 11.8. The minimum atomic E-state index is -0.502. The molecule has 0 bridgehead atoms. The van der Waals surface area contributed by atoms with Gasteiger partial charge in [-0.15, -0.1) is 0 Å². The van der Waals surface area contributed by atoms with E-state index in [0.29, 0.717) is 27.8 Å². The van der Waals surface area contributed by atoms with Crippen molar-refractivity contribution in [2.45, 2.75) is 0 Å². The van der Waals surface area contributed by atoms with E-state index in [9.17, 15) is 4.79 Å². The molecule has 0 saturated heterocycles. The molecule has 0 saturated carbocycles. The van der Waals surface area contributed by atoms with Crippen molar-refractivity contribution in [3.05, 3.63) is 111 Å². The molecule has 1 heterocycles. The summed E-state index contributed by atoms with van der Waals surface area (Å²) in [4.78, 5) is 21.4. The molecule has 5 aromatic rings. The van der Waals surface area contributed by atoms with Gasteiger partial charge in [-0.25, -0.2) is 9.78 Å². The average Bonchev–Trinajstić information content (AvgIpc) is 3.27. The van der Waals surface area contributed by atoms with Gasteiger partial charge in [-0.05, 0) is 101 Å². The monoisotopic (exact) mass is 578 g/mol. The molecule has 0 aliphatic rings. The van der Waals surface area contributed by atoms with Crippen LogP contribution in [0.1, 0.15) is 15.9 Å². The summed E-state index contributed by atoms with van der Waals surface area (Å²) >= 11 is 8.32. The molecule has 0 aliphatic heterocycles. The fourth-order valence-corrected chi connectivity index (χ4v) is 4.06. The predicted octanol–water partition coefficient (Wildman–Crippen LogP) is 7.72. The van der Waals surface area contributed by atoms with E-state index in [-0.39, 0.29) is 0 Å². The fourth-order valence-electron chi connectivity index (χ4n) is 3.30. The quantitative estimate of drug-likeness (QED) is 0.0927. The topological polar surface area (TPSA) is 64.7 Å². The molecule has 5 nitrogen and oxygen atoms in total. The van der Waals surface area contributed by atoms with E-state index < -0.39 is 5.97 Å². The summed E-state index contributed by atoms with van der Waals surface area (Å²) in [5, 5.41) is 0.353. The fraction of sp³-hybridized carbons (Fsp3) is 0. The maximum atomic E-state index is 12.3. The van der Waals surface area contributed by atoms with Crippen LogP contribution in [0, 0.1) is 3.57 Å². The second kappa shape index (κ2) is 9.79. The zero-order chi connectivity index (χ0) is 23.5. The van der Waals surface area contributed by atoms with E-state index in [2.05, 4.69) is 32.6 Å². The summed E-state index contributed by atoms with van der Waals surface area (Å²) in [7, 11) is 0. The first kappa shape index (κ1) is 22.3. The normalized spacial score (nSPS) is 11.2. The number of hydrogen-bond donors (Lipinski definition) is 0. The van der Waals surface area contributed by atoms with Gasteiger partial charge in [0.2, 0.25) is 5.89 Å². The second-order valence-corrected chi connectivity index (χ2v) is 9.03. The van der Waals surface area contributed by atoms with Crippen molar-refractivity contribution < 1.29 is 13.9 Å². The van der Waals surface area contributed by atoms with Crippen molar-refractivity contribution in [3.8, 4) is 17.2 Å². The number of hydrogen-bond acceptors (Lipinski definition) is 5. The van der Waals surface area contributed by atoms with Gasteiger partial charge < -0.3 is 9.15 Å². The van der Waals surface area contributed by atoms with Crippen molar-refractivity contribution in [1.29, 1.82) is 0 Å². The number of aromatic nitrogens is 1. The number of rotatable bonds is 5. The van der Waals surface area contributed by atoms with Crippen LogP contribution < -0.4 is 4.74 Å². The number of benzene rings is 4. The first-order valence-electron chi connectivity index (χ1n) is 10.3. The largest absolute Gasteiger partial charge is 0.436 e. The Morgan fingerprint density at radius 2 is 1.79 bits per heavy atom. The Bertz CT molecular complexity index is 1530. The van der Waals surface area contributed by atoms with Gasteiger partial charge in [0.1, 0.15) is 11.3 Å². The number of halogens is 2. The molecule has 0 fully saturated rings. The molecule has 5 rings (SSSR count). The van der Waals surface area contributed by atoms with Crippen molar-refractivity contribution in [1.82, 2.24) is 4.98 Å². The maximum Gasteiger partial charge on any atom is 0.345 e. The molecule has 0 unspecified atom stereocenters. The molecule has 34 heavy (non-hydrogen) atoms. The smallest absolute Gasteiger partial charge is 0.345 e. The summed E-state index contributed by atoms with van der Waals surface area (Å²) in [6.07, 6.45) is 1.74. The minimum Gasteiger partial charge on any atom is -0.436 e. The molecule has 0 radical (unpaired) electrons. The Balaban J connectivity index is 1.29. The van der Waals surface area contributed by atoms with Crippen LogP contribution in [0.2, 0.25) is 5.02 Å². The van der Waals surface area contributed by atoms with Gasteiger partial charge in [0.25, 0.3) is 0 Å².